The zero-order valence-corrected chi connectivity index (χ0v) is 26.4. The van der Waals surface area contributed by atoms with Crippen LogP contribution in [0.15, 0.2) is 72.8 Å². The van der Waals surface area contributed by atoms with Gasteiger partial charge in [-0.2, -0.15) is 13.2 Å². The first-order valence-corrected chi connectivity index (χ1v) is 15.4. The Balaban J connectivity index is 1.48. The van der Waals surface area contributed by atoms with Gasteiger partial charge < -0.3 is 24.4 Å². The van der Waals surface area contributed by atoms with Crippen LogP contribution in [0.25, 0.3) is 22.3 Å². The summed E-state index contributed by atoms with van der Waals surface area (Å²) in [5.74, 6) is -2.40. The van der Waals surface area contributed by atoms with E-state index >= 15 is 0 Å². The Hall–Kier alpha value is -4.71. The van der Waals surface area contributed by atoms with Crippen molar-refractivity contribution in [2.45, 2.75) is 52.1 Å². The first kappa shape index (κ1) is 33.6. The van der Waals surface area contributed by atoms with E-state index in [0.29, 0.717) is 22.7 Å². The molecule has 248 valence electrons. The summed E-state index contributed by atoms with van der Waals surface area (Å²) in [7, 11) is 0. The third-order valence-electron chi connectivity index (χ3n) is 7.91. The van der Waals surface area contributed by atoms with Crippen LogP contribution in [0.3, 0.4) is 0 Å². The largest absolute Gasteiger partial charge is 0.507 e. The van der Waals surface area contributed by atoms with Crippen molar-refractivity contribution in [3.05, 3.63) is 83.9 Å². The predicted octanol–water partition coefficient (Wildman–Crippen LogP) is 6.07. The van der Waals surface area contributed by atoms with E-state index in [2.05, 4.69) is 0 Å². The molecule has 1 aliphatic rings. The number of rotatable bonds is 10. The van der Waals surface area contributed by atoms with Crippen LogP contribution in [0.2, 0.25) is 0 Å². The maximum absolute atomic E-state index is 13.9. The molecule has 12 heteroatoms. The molecule has 9 nitrogen and oxygen atoms in total. The minimum Gasteiger partial charge on any atom is -0.507 e. The van der Waals surface area contributed by atoms with Crippen molar-refractivity contribution in [3.8, 4) is 17.1 Å². The first-order valence-electron chi connectivity index (χ1n) is 15.4. The highest BCUT2D eigenvalue weighted by Gasteiger charge is 2.45. The standard InChI is InChI=1S/C35H37F3N4O5/c1-22(2)17-30(47-34(45)35(36,37)38)33(44)42-16-15-41(19-25(42)21-46-20-24-9-5-4-6-10-24)32-26-14-13-23(3)18-28(26)39-31(40-32)27-11-7-8-12-29(27)43/h4-14,18,22,25,30,43H,15-17,19-21H2,1-3H3/t25-,30-/m1/s1. The van der Waals surface area contributed by atoms with Crippen molar-refractivity contribution >= 4 is 28.6 Å². The van der Waals surface area contributed by atoms with Gasteiger partial charge in [0.25, 0.3) is 5.91 Å². The summed E-state index contributed by atoms with van der Waals surface area (Å²) in [6, 6.07) is 21.4. The van der Waals surface area contributed by atoms with Crippen molar-refractivity contribution < 1.29 is 37.3 Å². The topological polar surface area (TPSA) is 105 Å². The van der Waals surface area contributed by atoms with E-state index in [1.807, 2.05) is 60.4 Å². The van der Waals surface area contributed by atoms with Gasteiger partial charge in [-0.15, -0.1) is 0 Å². The number of benzene rings is 3. The quantitative estimate of drug-likeness (QED) is 0.207. The fourth-order valence-electron chi connectivity index (χ4n) is 5.62. The lowest BCUT2D eigenvalue weighted by atomic mass is 10.0. The molecule has 5 rings (SSSR count). The van der Waals surface area contributed by atoms with Crippen molar-refractivity contribution in [2.75, 3.05) is 31.1 Å². The number of carbonyl (C=O) groups excluding carboxylic acids is 2. The van der Waals surface area contributed by atoms with Crippen LogP contribution >= 0.6 is 0 Å². The number of anilines is 1. The summed E-state index contributed by atoms with van der Waals surface area (Å²) in [5, 5.41) is 11.3. The molecule has 0 unspecified atom stereocenters. The van der Waals surface area contributed by atoms with Gasteiger partial charge in [0.05, 0.1) is 30.3 Å². The molecule has 1 N–H and O–H groups in total. The van der Waals surface area contributed by atoms with E-state index in [4.69, 9.17) is 19.4 Å². The molecule has 1 amide bonds. The number of aromatic nitrogens is 2. The van der Waals surface area contributed by atoms with Gasteiger partial charge in [0, 0.05) is 25.0 Å². The average molecular weight is 651 g/mol. The number of aryl methyl sites for hydroxylation is 1. The molecule has 2 heterocycles. The van der Waals surface area contributed by atoms with Gasteiger partial charge >= 0.3 is 12.1 Å². The van der Waals surface area contributed by atoms with Crippen molar-refractivity contribution in [1.82, 2.24) is 14.9 Å². The van der Waals surface area contributed by atoms with Crippen LogP contribution in [0, 0.1) is 12.8 Å². The van der Waals surface area contributed by atoms with Gasteiger partial charge in [-0.25, -0.2) is 14.8 Å². The summed E-state index contributed by atoms with van der Waals surface area (Å²) in [6.07, 6.45) is -6.91. The highest BCUT2D eigenvalue weighted by atomic mass is 19.4. The minimum atomic E-state index is -5.23. The fraction of sp³-hybridized carbons (Fsp3) is 0.371. The summed E-state index contributed by atoms with van der Waals surface area (Å²) >= 11 is 0. The highest BCUT2D eigenvalue weighted by molar-refractivity contribution is 5.92. The summed E-state index contributed by atoms with van der Waals surface area (Å²) < 4.78 is 50.3. The molecule has 2 atom stereocenters. The maximum Gasteiger partial charge on any atom is 0.490 e. The number of hydrogen-bond acceptors (Lipinski definition) is 8. The molecule has 47 heavy (non-hydrogen) atoms. The van der Waals surface area contributed by atoms with Crippen LogP contribution in [0.1, 0.15) is 31.4 Å². The van der Waals surface area contributed by atoms with Crippen LogP contribution in [0.4, 0.5) is 19.0 Å². The molecule has 4 aromatic rings. The number of aromatic hydroxyl groups is 1. The molecule has 3 aromatic carbocycles. The summed E-state index contributed by atoms with van der Waals surface area (Å²) in [6.45, 7) is 6.36. The van der Waals surface area contributed by atoms with Gasteiger partial charge in [0.1, 0.15) is 11.6 Å². The number of para-hydroxylation sites is 1. The highest BCUT2D eigenvalue weighted by Crippen LogP contribution is 2.33. The number of nitrogens with zero attached hydrogens (tertiary/aromatic N) is 4. The smallest absolute Gasteiger partial charge is 0.490 e. The number of fused-ring (bicyclic) bond motifs is 1. The molecule has 1 fully saturated rings. The Kier molecular flexibility index (Phi) is 10.3. The Bertz CT molecular complexity index is 1720. The minimum absolute atomic E-state index is 0.0256. The van der Waals surface area contributed by atoms with Crippen molar-refractivity contribution in [1.29, 1.82) is 0 Å². The number of piperazine rings is 1. The molecule has 0 saturated carbocycles. The van der Waals surface area contributed by atoms with Gasteiger partial charge in [-0.05, 0) is 54.7 Å². The molecular formula is C35H37F3N4O5. The third kappa shape index (κ3) is 8.18. The Morgan fingerprint density at radius 3 is 2.43 bits per heavy atom. The maximum atomic E-state index is 13.9. The SMILES string of the molecule is Cc1ccc2c(N3CCN(C(=O)[C@@H](CC(C)C)OC(=O)C(F)(F)F)[C@@H](COCc4ccccc4)C3)nc(-c3ccccc3O)nc2c1. The second kappa shape index (κ2) is 14.4. The number of amides is 1. The molecule has 0 aliphatic carbocycles. The van der Waals surface area contributed by atoms with Gasteiger partial charge in [-0.3, -0.25) is 4.79 Å². The van der Waals surface area contributed by atoms with Crippen LogP contribution in [-0.2, 0) is 25.7 Å². The zero-order chi connectivity index (χ0) is 33.7. The number of hydrogen-bond donors (Lipinski definition) is 1. The Labute approximate surface area is 270 Å². The van der Waals surface area contributed by atoms with E-state index in [1.165, 1.54) is 4.90 Å². The molecule has 1 aliphatic heterocycles. The molecule has 1 aromatic heterocycles. The Morgan fingerprint density at radius 1 is 1.00 bits per heavy atom. The normalized spacial score (nSPS) is 16.0. The van der Waals surface area contributed by atoms with Gasteiger partial charge in [0.15, 0.2) is 11.9 Å². The predicted molar refractivity (Wildman–Crippen MR) is 171 cm³/mol. The lowest BCUT2D eigenvalue weighted by molar-refractivity contribution is -0.207. The van der Waals surface area contributed by atoms with Crippen LogP contribution < -0.4 is 4.90 Å². The number of halogens is 3. The molecule has 1 saturated heterocycles. The number of carbonyl (C=O) groups is 2. The van der Waals surface area contributed by atoms with Gasteiger partial charge in [0.2, 0.25) is 0 Å². The third-order valence-corrected chi connectivity index (χ3v) is 7.91. The number of ether oxygens (including phenoxy) is 2. The lowest BCUT2D eigenvalue weighted by Crippen LogP contribution is -2.59. The zero-order valence-electron chi connectivity index (χ0n) is 26.4. The number of esters is 1. The Morgan fingerprint density at radius 2 is 1.72 bits per heavy atom. The number of alkyl halides is 3. The van der Waals surface area contributed by atoms with E-state index in [9.17, 15) is 27.9 Å². The summed E-state index contributed by atoms with van der Waals surface area (Å²) in [4.78, 5) is 38.7. The van der Waals surface area contributed by atoms with Crippen molar-refractivity contribution in [3.63, 3.8) is 0 Å². The van der Waals surface area contributed by atoms with E-state index in [0.717, 1.165) is 16.5 Å². The fourth-order valence-corrected chi connectivity index (χ4v) is 5.62. The van der Waals surface area contributed by atoms with Crippen LogP contribution in [-0.4, -0.2) is 76.4 Å². The number of phenolic OH excluding ortho intramolecular Hbond substituents is 1. The molecule has 0 bridgehead atoms. The van der Waals surface area contributed by atoms with Crippen LogP contribution in [0.5, 0.6) is 5.75 Å². The van der Waals surface area contributed by atoms with E-state index < -0.39 is 30.2 Å². The van der Waals surface area contributed by atoms with Gasteiger partial charge in [-0.1, -0.05) is 62.4 Å². The molecular weight excluding hydrogens is 613 g/mol. The first-order chi connectivity index (χ1) is 22.4. The number of phenols is 1. The second-order valence-electron chi connectivity index (χ2n) is 12.1. The van der Waals surface area contributed by atoms with E-state index in [-0.39, 0.29) is 50.9 Å². The van der Waals surface area contributed by atoms with E-state index in [1.54, 1.807) is 38.1 Å². The second-order valence-corrected chi connectivity index (χ2v) is 12.1. The van der Waals surface area contributed by atoms with Crippen molar-refractivity contribution in [2.24, 2.45) is 5.92 Å². The average Bonchev–Trinajstić information content (AvgIpc) is 3.03. The monoisotopic (exact) mass is 650 g/mol. The summed E-state index contributed by atoms with van der Waals surface area (Å²) in [5.41, 5.74) is 3.02. The molecule has 0 spiro atoms. The lowest BCUT2D eigenvalue weighted by Gasteiger charge is -2.43. The molecule has 0 radical (unpaired) electrons.